The van der Waals surface area contributed by atoms with Gasteiger partial charge < -0.3 is 9.64 Å². The van der Waals surface area contributed by atoms with Crippen LogP contribution in [0.5, 0.6) is 0 Å². The number of hydrogen-bond donors (Lipinski definition) is 0. The zero-order valence-corrected chi connectivity index (χ0v) is 19.4. The maximum Gasteiger partial charge on any atom is 0.394 e. The number of ether oxygens (including phenoxy) is 1. The Bertz CT molecular complexity index is 1120. The van der Waals surface area contributed by atoms with Crippen LogP contribution in [0.25, 0.3) is 0 Å². The van der Waals surface area contributed by atoms with Crippen LogP contribution in [-0.2, 0) is 14.8 Å². The van der Waals surface area contributed by atoms with Crippen LogP contribution in [0.1, 0.15) is 33.6 Å². The average molecular weight is 464 g/mol. The third-order valence-electron chi connectivity index (χ3n) is 5.53. The van der Waals surface area contributed by atoms with Crippen molar-refractivity contribution in [2.75, 3.05) is 19.3 Å². The minimum Gasteiger partial charge on any atom is -0.433 e. The van der Waals surface area contributed by atoms with E-state index in [-0.39, 0.29) is 17.6 Å². The van der Waals surface area contributed by atoms with Crippen LogP contribution in [0.15, 0.2) is 70.3 Å². The first kappa shape index (κ1) is 23.8. The molecule has 9 heteroatoms. The molecule has 0 spiro atoms. The molecule has 172 valence electrons. The Labute approximate surface area is 188 Å². The summed E-state index contributed by atoms with van der Waals surface area (Å²) in [5.74, 6) is 0.0581. The molecule has 1 unspecified atom stereocenters. The molecule has 0 N–H and O–H groups in total. The lowest BCUT2D eigenvalue weighted by molar-refractivity contribution is -0.195. The van der Waals surface area contributed by atoms with Crippen molar-refractivity contribution in [3.05, 3.63) is 70.3 Å². The van der Waals surface area contributed by atoms with E-state index in [1.165, 1.54) is 17.4 Å². The smallest absolute Gasteiger partial charge is 0.394 e. The number of allylic oxidation sites excluding steroid dienone is 6. The molecule has 0 aromatic heterocycles. The molecule has 0 aromatic rings. The van der Waals surface area contributed by atoms with Gasteiger partial charge in [-0.3, -0.25) is 4.31 Å². The Morgan fingerprint density at radius 2 is 2.00 bits per heavy atom. The summed E-state index contributed by atoms with van der Waals surface area (Å²) in [5.41, 5.74) is 3.41. The van der Waals surface area contributed by atoms with Gasteiger partial charge in [0.1, 0.15) is 11.8 Å². The molecule has 32 heavy (non-hydrogen) atoms. The van der Waals surface area contributed by atoms with E-state index in [0.29, 0.717) is 31.2 Å². The molecule has 0 saturated carbocycles. The zero-order valence-electron chi connectivity index (χ0n) is 18.6. The van der Waals surface area contributed by atoms with Gasteiger partial charge in [0.2, 0.25) is 10.0 Å². The molecule has 1 aliphatic heterocycles. The number of hydrogen-bond acceptors (Lipinski definition) is 5. The van der Waals surface area contributed by atoms with E-state index in [1.54, 1.807) is 25.2 Å². The fourth-order valence-corrected chi connectivity index (χ4v) is 4.85. The van der Waals surface area contributed by atoms with Crippen LogP contribution in [-0.4, -0.2) is 49.1 Å². The molecule has 0 aromatic carbocycles. The topological polar surface area (TPSA) is 73.6 Å². The van der Waals surface area contributed by atoms with Crippen molar-refractivity contribution in [1.29, 1.82) is 5.26 Å². The van der Waals surface area contributed by atoms with Crippen molar-refractivity contribution >= 4 is 10.0 Å². The largest absolute Gasteiger partial charge is 0.433 e. The lowest BCUT2D eigenvalue weighted by atomic mass is 9.97. The maximum atomic E-state index is 13.4. The van der Waals surface area contributed by atoms with Crippen LogP contribution < -0.4 is 0 Å². The summed E-state index contributed by atoms with van der Waals surface area (Å²) in [4.78, 5) is 2.03. The molecule has 3 aliphatic rings. The van der Waals surface area contributed by atoms with E-state index < -0.39 is 16.1 Å². The highest BCUT2D eigenvalue weighted by molar-refractivity contribution is 7.89. The lowest BCUT2D eigenvalue weighted by Gasteiger charge is -2.31. The Morgan fingerprint density at radius 1 is 1.28 bits per heavy atom. The summed E-state index contributed by atoms with van der Waals surface area (Å²) in [5, 5.41) is 9.92. The molecule has 2 aliphatic carbocycles. The van der Waals surface area contributed by atoms with Gasteiger partial charge in [-0.05, 0) is 49.1 Å². The van der Waals surface area contributed by atoms with Gasteiger partial charge >= 0.3 is 6.11 Å². The van der Waals surface area contributed by atoms with E-state index in [0.717, 1.165) is 23.3 Å². The first-order valence-electron chi connectivity index (χ1n) is 10.5. The highest BCUT2D eigenvalue weighted by Crippen LogP contribution is 2.41. The molecule has 0 bridgehead atoms. The van der Waals surface area contributed by atoms with E-state index >= 15 is 0 Å². The normalized spacial score (nSPS) is 23.0. The Morgan fingerprint density at radius 3 is 2.53 bits per heavy atom. The number of alkyl halides is 2. The van der Waals surface area contributed by atoms with E-state index in [9.17, 15) is 22.5 Å². The third-order valence-corrected chi connectivity index (χ3v) is 7.30. The Hall–Kier alpha value is -2.86. The molecule has 1 atom stereocenters. The van der Waals surface area contributed by atoms with E-state index in [4.69, 9.17) is 4.74 Å². The average Bonchev–Trinajstić information content (AvgIpc) is 3.05. The fourth-order valence-electron chi connectivity index (χ4n) is 4.01. The van der Waals surface area contributed by atoms with Crippen molar-refractivity contribution in [3.63, 3.8) is 0 Å². The first-order chi connectivity index (χ1) is 15.0. The highest BCUT2D eigenvalue weighted by atomic mass is 32.2. The number of rotatable bonds is 7. The molecule has 3 rings (SSSR count). The molecular weight excluding hydrogens is 436 g/mol. The summed E-state index contributed by atoms with van der Waals surface area (Å²) < 4.78 is 57.1. The fraction of sp³-hybridized carbons (Fsp3) is 0.435. The van der Waals surface area contributed by atoms with Gasteiger partial charge in [-0.15, -0.1) is 0 Å². The first-order valence-corrected chi connectivity index (χ1v) is 12.1. The second kappa shape index (κ2) is 8.94. The van der Waals surface area contributed by atoms with Gasteiger partial charge in [0.05, 0.1) is 23.1 Å². The number of halogens is 2. The lowest BCUT2D eigenvalue weighted by Crippen LogP contribution is -2.32. The summed E-state index contributed by atoms with van der Waals surface area (Å²) in [6.07, 6.45) is 8.04. The minimum atomic E-state index is -3.37. The second-order valence-electron chi connectivity index (χ2n) is 7.80. The predicted octanol–water partition coefficient (Wildman–Crippen LogP) is 4.36. The molecule has 0 radical (unpaired) electrons. The van der Waals surface area contributed by atoms with Crippen molar-refractivity contribution in [1.82, 2.24) is 9.21 Å². The Balaban J connectivity index is 2.00. The second-order valence-corrected chi connectivity index (χ2v) is 10.1. The minimum absolute atomic E-state index is 0.000851. The summed E-state index contributed by atoms with van der Waals surface area (Å²) in [6.45, 7) is 4.90. The van der Waals surface area contributed by atoms with Crippen LogP contribution in [0.2, 0.25) is 0 Å². The molecule has 1 heterocycles. The highest BCUT2D eigenvalue weighted by Gasteiger charge is 2.38. The van der Waals surface area contributed by atoms with Crippen molar-refractivity contribution in [2.45, 2.75) is 45.8 Å². The molecule has 0 amide bonds. The molecule has 0 fully saturated rings. The van der Waals surface area contributed by atoms with Gasteiger partial charge in [-0.25, -0.2) is 8.42 Å². The van der Waals surface area contributed by atoms with Crippen molar-refractivity contribution < 1.29 is 21.9 Å². The number of nitrogens with zero attached hydrogens (tertiary/aromatic N) is 3. The summed E-state index contributed by atoms with van der Waals surface area (Å²) in [6, 6.07) is 1.90. The molecule has 6 nitrogen and oxygen atoms in total. The van der Waals surface area contributed by atoms with Gasteiger partial charge in [0.25, 0.3) is 0 Å². The van der Waals surface area contributed by atoms with Crippen molar-refractivity contribution in [3.8, 4) is 6.07 Å². The van der Waals surface area contributed by atoms with E-state index in [2.05, 4.69) is 6.07 Å². The quantitative estimate of drug-likeness (QED) is 0.561. The predicted molar refractivity (Wildman–Crippen MR) is 118 cm³/mol. The zero-order chi connectivity index (χ0) is 23.7. The van der Waals surface area contributed by atoms with Crippen LogP contribution in [0.4, 0.5) is 8.78 Å². The van der Waals surface area contributed by atoms with Crippen LogP contribution >= 0.6 is 0 Å². The van der Waals surface area contributed by atoms with Crippen LogP contribution in [0.3, 0.4) is 0 Å². The molecular formula is C23H27F2N3O3S. The third kappa shape index (κ3) is 4.65. The SMILES string of the molecule is CCCN1C(=C2C=CC(N(C)S(=O)(=O)CC)=CC2)C(C#N)=C2C=CC(OC(C)(F)F)=CC21. The Kier molecular flexibility index (Phi) is 6.65. The van der Waals surface area contributed by atoms with Gasteiger partial charge in [0.15, 0.2) is 0 Å². The van der Waals surface area contributed by atoms with Gasteiger partial charge in [-0.1, -0.05) is 25.2 Å². The van der Waals surface area contributed by atoms with E-state index in [1.807, 2.05) is 24.0 Å². The standard InChI is InChI=1S/C23H27F2N3O3S/c1-5-13-28-21-14-18(31-23(3,24)25)11-12-19(21)20(15-26)22(28)16-7-9-17(10-8-16)27(4)32(29,30)6-2/h7,9-12,14,21H,5-6,8,13H2,1-4H3. The maximum absolute atomic E-state index is 13.4. The van der Waals surface area contributed by atoms with Crippen LogP contribution in [0, 0.1) is 11.3 Å². The number of likely N-dealkylation sites (N-methyl/N-ethyl adjacent to an activating group) is 1. The number of fused-ring (bicyclic) bond motifs is 1. The monoisotopic (exact) mass is 463 g/mol. The molecule has 0 saturated heterocycles. The number of nitriles is 1. The van der Waals surface area contributed by atoms with Crippen molar-refractivity contribution in [2.24, 2.45) is 0 Å². The summed E-state index contributed by atoms with van der Waals surface area (Å²) >= 11 is 0. The van der Waals surface area contributed by atoms with Gasteiger partial charge in [-0.2, -0.15) is 14.0 Å². The van der Waals surface area contributed by atoms with Gasteiger partial charge in [0, 0.05) is 26.2 Å². The summed E-state index contributed by atoms with van der Waals surface area (Å²) in [7, 11) is -1.86. The number of sulfonamides is 1.